The summed E-state index contributed by atoms with van der Waals surface area (Å²) in [5, 5.41) is 0. The third kappa shape index (κ3) is 3.80. The normalized spacial score (nSPS) is 35.9. The van der Waals surface area contributed by atoms with Crippen molar-refractivity contribution in [2.24, 2.45) is 23.0 Å². The monoisotopic (exact) mass is 295 g/mol. The topological polar surface area (TPSA) is 32.5 Å². The van der Waals surface area contributed by atoms with Crippen molar-refractivity contribution in [1.82, 2.24) is 9.80 Å². The molecule has 3 unspecified atom stereocenters. The lowest BCUT2D eigenvalue weighted by Gasteiger charge is -2.52. The Morgan fingerprint density at radius 3 is 2.33 bits per heavy atom. The molecule has 3 heteroatoms. The lowest BCUT2D eigenvalue weighted by Crippen LogP contribution is -2.62. The minimum absolute atomic E-state index is 0.284. The highest BCUT2D eigenvalue weighted by atomic mass is 15.3. The van der Waals surface area contributed by atoms with E-state index in [1.165, 1.54) is 38.9 Å². The first kappa shape index (κ1) is 17.2. The molecular weight excluding hydrogens is 258 g/mol. The molecule has 0 radical (unpaired) electrons. The van der Waals surface area contributed by atoms with Gasteiger partial charge in [-0.3, -0.25) is 9.80 Å². The third-order valence-corrected chi connectivity index (χ3v) is 6.30. The van der Waals surface area contributed by atoms with E-state index in [-0.39, 0.29) is 5.54 Å². The molecule has 2 fully saturated rings. The molecule has 2 aliphatic rings. The summed E-state index contributed by atoms with van der Waals surface area (Å²) in [7, 11) is 2.26. The second-order valence-electron chi connectivity index (χ2n) is 9.14. The molecule has 1 saturated heterocycles. The van der Waals surface area contributed by atoms with Gasteiger partial charge in [-0.05, 0) is 64.0 Å². The van der Waals surface area contributed by atoms with Crippen molar-refractivity contribution in [2.75, 3.05) is 33.2 Å². The predicted octanol–water partition coefficient (Wildman–Crippen LogP) is 2.80. The first-order valence-electron chi connectivity index (χ1n) is 8.80. The highest BCUT2D eigenvalue weighted by Gasteiger charge is 2.41. The van der Waals surface area contributed by atoms with Gasteiger partial charge >= 0.3 is 0 Å². The number of hydrogen-bond acceptors (Lipinski definition) is 3. The quantitative estimate of drug-likeness (QED) is 0.850. The van der Waals surface area contributed by atoms with Gasteiger partial charge in [0.25, 0.3) is 0 Å². The SMILES string of the molecule is CN1CCN(C2CC(C(C)(C)C)CCC2CN)CC1(C)C. The second-order valence-corrected chi connectivity index (χ2v) is 9.14. The number of likely N-dealkylation sites (N-methyl/N-ethyl adjacent to an activating group) is 1. The van der Waals surface area contributed by atoms with Gasteiger partial charge in [-0.2, -0.15) is 0 Å². The summed E-state index contributed by atoms with van der Waals surface area (Å²) < 4.78 is 0. The van der Waals surface area contributed by atoms with Crippen molar-refractivity contribution in [3.8, 4) is 0 Å². The summed E-state index contributed by atoms with van der Waals surface area (Å²) in [6.45, 7) is 16.4. The number of piperazine rings is 1. The van der Waals surface area contributed by atoms with Gasteiger partial charge in [-0.1, -0.05) is 20.8 Å². The highest BCUT2D eigenvalue weighted by molar-refractivity contribution is 4.96. The zero-order chi connectivity index (χ0) is 15.8. The van der Waals surface area contributed by atoms with E-state index in [1.807, 2.05) is 0 Å². The minimum atomic E-state index is 0.284. The summed E-state index contributed by atoms with van der Waals surface area (Å²) in [6, 6.07) is 0.695. The maximum Gasteiger partial charge on any atom is 0.0277 e. The van der Waals surface area contributed by atoms with Crippen molar-refractivity contribution in [2.45, 2.75) is 65.5 Å². The number of hydrogen-bond donors (Lipinski definition) is 1. The van der Waals surface area contributed by atoms with Crippen molar-refractivity contribution in [3.63, 3.8) is 0 Å². The molecule has 124 valence electrons. The zero-order valence-electron chi connectivity index (χ0n) is 15.2. The van der Waals surface area contributed by atoms with E-state index in [0.717, 1.165) is 12.5 Å². The molecule has 3 atom stereocenters. The van der Waals surface area contributed by atoms with E-state index in [9.17, 15) is 0 Å². The molecule has 1 saturated carbocycles. The summed E-state index contributed by atoms with van der Waals surface area (Å²) >= 11 is 0. The van der Waals surface area contributed by atoms with Crippen LogP contribution in [0, 0.1) is 17.3 Å². The molecule has 0 aromatic carbocycles. The largest absolute Gasteiger partial charge is 0.330 e. The second kappa shape index (κ2) is 6.17. The lowest BCUT2D eigenvalue weighted by atomic mass is 9.67. The fourth-order valence-electron chi connectivity index (χ4n) is 4.28. The van der Waals surface area contributed by atoms with Crippen molar-refractivity contribution in [1.29, 1.82) is 0 Å². The van der Waals surface area contributed by atoms with Gasteiger partial charge in [-0.15, -0.1) is 0 Å². The molecule has 0 aromatic heterocycles. The van der Waals surface area contributed by atoms with Crippen molar-refractivity contribution >= 4 is 0 Å². The Hall–Kier alpha value is -0.120. The zero-order valence-corrected chi connectivity index (χ0v) is 15.2. The van der Waals surface area contributed by atoms with Crippen LogP contribution in [0.15, 0.2) is 0 Å². The smallest absolute Gasteiger partial charge is 0.0277 e. The molecule has 3 nitrogen and oxygen atoms in total. The van der Waals surface area contributed by atoms with Crippen LogP contribution in [-0.4, -0.2) is 54.6 Å². The maximum atomic E-state index is 6.11. The highest BCUT2D eigenvalue weighted by Crippen LogP contribution is 2.42. The van der Waals surface area contributed by atoms with Crippen LogP contribution < -0.4 is 5.73 Å². The van der Waals surface area contributed by atoms with E-state index >= 15 is 0 Å². The minimum Gasteiger partial charge on any atom is -0.330 e. The molecule has 2 rings (SSSR count). The Kier molecular flexibility index (Phi) is 5.07. The first-order chi connectivity index (χ1) is 9.65. The number of nitrogens with two attached hydrogens (primary N) is 1. The van der Waals surface area contributed by atoms with Crippen LogP contribution in [0.1, 0.15) is 53.9 Å². The van der Waals surface area contributed by atoms with Gasteiger partial charge in [0, 0.05) is 31.2 Å². The lowest BCUT2D eigenvalue weighted by molar-refractivity contribution is -0.0258. The van der Waals surface area contributed by atoms with Crippen LogP contribution in [0.25, 0.3) is 0 Å². The number of rotatable bonds is 2. The van der Waals surface area contributed by atoms with E-state index in [0.29, 0.717) is 17.4 Å². The number of nitrogens with zero attached hydrogens (tertiary/aromatic N) is 2. The molecule has 0 aromatic rings. The predicted molar refractivity (Wildman–Crippen MR) is 91.4 cm³/mol. The average Bonchev–Trinajstić information content (AvgIpc) is 2.40. The Morgan fingerprint density at radius 1 is 1.14 bits per heavy atom. The van der Waals surface area contributed by atoms with Crippen molar-refractivity contribution < 1.29 is 0 Å². The van der Waals surface area contributed by atoms with Crippen LogP contribution in [0.2, 0.25) is 0 Å². The Balaban J connectivity index is 2.11. The maximum absolute atomic E-state index is 6.11. The average molecular weight is 296 g/mol. The standard InChI is InChI=1S/C18H37N3/c1-17(2,3)15-8-7-14(12-19)16(11-15)21-10-9-20(6)18(4,5)13-21/h14-16H,7-13,19H2,1-6H3. The van der Waals surface area contributed by atoms with Crippen LogP contribution in [0.3, 0.4) is 0 Å². The van der Waals surface area contributed by atoms with Gasteiger partial charge < -0.3 is 5.73 Å². The first-order valence-corrected chi connectivity index (χ1v) is 8.80. The Bertz CT molecular complexity index is 345. The van der Waals surface area contributed by atoms with E-state index in [4.69, 9.17) is 5.73 Å². The van der Waals surface area contributed by atoms with Gasteiger partial charge in [-0.25, -0.2) is 0 Å². The van der Waals surface area contributed by atoms with Gasteiger partial charge in [0.15, 0.2) is 0 Å². The molecule has 21 heavy (non-hydrogen) atoms. The van der Waals surface area contributed by atoms with Crippen LogP contribution in [0.4, 0.5) is 0 Å². The molecule has 2 N–H and O–H groups in total. The van der Waals surface area contributed by atoms with E-state index in [2.05, 4.69) is 51.5 Å². The molecule has 1 aliphatic carbocycles. The molecule has 1 aliphatic heterocycles. The fraction of sp³-hybridized carbons (Fsp3) is 1.00. The third-order valence-electron chi connectivity index (χ3n) is 6.30. The van der Waals surface area contributed by atoms with Crippen LogP contribution in [0.5, 0.6) is 0 Å². The van der Waals surface area contributed by atoms with Crippen molar-refractivity contribution in [3.05, 3.63) is 0 Å². The molecule has 1 heterocycles. The van der Waals surface area contributed by atoms with Crippen LogP contribution >= 0.6 is 0 Å². The molecule has 0 amide bonds. The van der Waals surface area contributed by atoms with Gasteiger partial charge in [0.2, 0.25) is 0 Å². The molecule has 0 spiro atoms. The summed E-state index contributed by atoms with van der Waals surface area (Å²) in [5.41, 5.74) is 6.83. The van der Waals surface area contributed by atoms with Crippen LogP contribution in [-0.2, 0) is 0 Å². The summed E-state index contributed by atoms with van der Waals surface area (Å²) in [5.74, 6) is 1.54. The van der Waals surface area contributed by atoms with E-state index in [1.54, 1.807) is 0 Å². The Labute approximate surface area is 132 Å². The molecule has 0 bridgehead atoms. The molecular formula is C18H37N3. The van der Waals surface area contributed by atoms with E-state index < -0.39 is 0 Å². The van der Waals surface area contributed by atoms with Gasteiger partial charge in [0.05, 0.1) is 0 Å². The fourth-order valence-corrected chi connectivity index (χ4v) is 4.28. The van der Waals surface area contributed by atoms with Gasteiger partial charge in [0.1, 0.15) is 0 Å². The summed E-state index contributed by atoms with van der Waals surface area (Å²) in [6.07, 6.45) is 4.01. The summed E-state index contributed by atoms with van der Waals surface area (Å²) in [4.78, 5) is 5.26. The Morgan fingerprint density at radius 2 is 1.81 bits per heavy atom.